The second kappa shape index (κ2) is 4.25. The van der Waals surface area contributed by atoms with Crippen molar-refractivity contribution in [3.63, 3.8) is 0 Å². The molecule has 1 aromatic heterocycles. The summed E-state index contributed by atoms with van der Waals surface area (Å²) >= 11 is -2.19. The van der Waals surface area contributed by atoms with Crippen LogP contribution in [0, 0.1) is 0 Å². The molecule has 4 nitrogen and oxygen atoms in total. The van der Waals surface area contributed by atoms with E-state index in [1.54, 1.807) is 11.6 Å². The van der Waals surface area contributed by atoms with Gasteiger partial charge in [-0.05, 0) is 11.1 Å². The van der Waals surface area contributed by atoms with Crippen LogP contribution in [0.15, 0.2) is 17.6 Å². The zero-order valence-electron chi connectivity index (χ0n) is 5.77. The summed E-state index contributed by atoms with van der Waals surface area (Å²) in [6.45, 7) is 0. The first-order valence-electron chi connectivity index (χ1n) is 2.27. The molecule has 1 atom stereocenters. The number of imidazole rings is 1. The van der Waals surface area contributed by atoms with E-state index in [4.69, 9.17) is 0 Å². The van der Waals surface area contributed by atoms with Crippen LogP contribution in [0.25, 0.3) is 0 Å². The summed E-state index contributed by atoms with van der Waals surface area (Å²) in [5, 5.41) is 0.0810. The van der Waals surface area contributed by atoms with Gasteiger partial charge in [0.05, 0.1) is 6.33 Å². The van der Waals surface area contributed by atoms with Crippen molar-refractivity contribution in [3.8, 4) is 0 Å². The Kier molecular flexibility index (Phi) is 4.39. The average Bonchev–Trinajstić information content (AvgIpc) is 2.14. The van der Waals surface area contributed by atoms with Gasteiger partial charge >= 0.3 is 29.6 Å². The maximum atomic E-state index is 10.1. The van der Waals surface area contributed by atoms with Crippen LogP contribution < -0.4 is 29.6 Å². The number of nitrogens with zero attached hydrogens (tertiary/aromatic N) is 2. The van der Waals surface area contributed by atoms with Gasteiger partial charge in [0, 0.05) is 13.2 Å². The Balaban J connectivity index is 0.000000810. The normalized spacial score (nSPS) is 12.2. The molecule has 0 amide bonds. The maximum absolute atomic E-state index is 10.1. The van der Waals surface area contributed by atoms with E-state index in [2.05, 4.69) is 4.98 Å². The van der Waals surface area contributed by atoms with Gasteiger partial charge in [0.15, 0.2) is 0 Å². The van der Waals surface area contributed by atoms with Crippen molar-refractivity contribution in [1.82, 2.24) is 9.55 Å². The van der Waals surface area contributed by atoms with Crippen molar-refractivity contribution in [3.05, 3.63) is 12.5 Å². The van der Waals surface area contributed by atoms with Crippen LogP contribution >= 0.6 is 0 Å². The topological polar surface area (TPSA) is 58.0 Å². The molecule has 0 aliphatic carbocycles. The van der Waals surface area contributed by atoms with Gasteiger partial charge in [-0.15, -0.1) is 0 Å². The molecule has 0 bridgehead atoms. The summed E-state index contributed by atoms with van der Waals surface area (Å²) in [5.74, 6) is 0. The van der Waals surface area contributed by atoms with Crippen molar-refractivity contribution >= 4 is 11.1 Å². The number of rotatable bonds is 1. The molecule has 1 aromatic rings. The molecular formula is C4H5N2NaO2S. The molecule has 0 radical (unpaired) electrons. The summed E-state index contributed by atoms with van der Waals surface area (Å²) in [5.41, 5.74) is 0. The van der Waals surface area contributed by atoms with E-state index in [0.717, 1.165) is 0 Å². The summed E-state index contributed by atoms with van der Waals surface area (Å²) in [4.78, 5) is 3.57. The molecule has 0 aliphatic rings. The zero-order valence-corrected chi connectivity index (χ0v) is 8.59. The number of hydrogen-bond acceptors (Lipinski definition) is 3. The maximum Gasteiger partial charge on any atom is 1.00 e. The smallest absolute Gasteiger partial charge is 0.767 e. The standard InChI is InChI=1S/C4H6N2O2S.Na/c1-6-2-4(5-3-6)9(7)8;/h2-3H,1H3,(H,7,8);/q;+1/p-1. The fourth-order valence-electron chi connectivity index (χ4n) is 0.475. The third-order valence-electron chi connectivity index (χ3n) is 0.852. The van der Waals surface area contributed by atoms with Crippen LogP contribution in [0.1, 0.15) is 0 Å². The molecular weight excluding hydrogens is 163 g/mol. The first kappa shape index (κ1) is 10.3. The van der Waals surface area contributed by atoms with Crippen molar-refractivity contribution in [2.45, 2.75) is 5.03 Å². The van der Waals surface area contributed by atoms with Crippen molar-refractivity contribution in [2.75, 3.05) is 0 Å². The van der Waals surface area contributed by atoms with Gasteiger partial charge in [0.25, 0.3) is 0 Å². The Morgan fingerprint density at radius 3 is 2.60 bits per heavy atom. The van der Waals surface area contributed by atoms with E-state index in [1.165, 1.54) is 12.5 Å². The van der Waals surface area contributed by atoms with Crippen LogP contribution in [0.2, 0.25) is 0 Å². The van der Waals surface area contributed by atoms with Gasteiger partial charge < -0.3 is 9.12 Å². The fourth-order valence-corrected chi connectivity index (χ4v) is 0.860. The monoisotopic (exact) mass is 168 g/mol. The van der Waals surface area contributed by atoms with Gasteiger partial charge in [0.1, 0.15) is 5.03 Å². The van der Waals surface area contributed by atoms with Crippen LogP contribution in [-0.2, 0) is 18.1 Å². The summed E-state index contributed by atoms with van der Waals surface area (Å²) < 4.78 is 21.9. The molecule has 1 heterocycles. The third-order valence-corrected chi connectivity index (χ3v) is 1.40. The second-order valence-corrected chi connectivity index (χ2v) is 2.50. The quantitative estimate of drug-likeness (QED) is 0.325. The molecule has 0 aromatic carbocycles. The number of aryl methyl sites for hydroxylation is 1. The Labute approximate surface area is 83.2 Å². The fraction of sp³-hybridized carbons (Fsp3) is 0.250. The van der Waals surface area contributed by atoms with Crippen LogP contribution in [0.3, 0.4) is 0 Å². The predicted octanol–water partition coefficient (Wildman–Crippen LogP) is -3.34. The van der Waals surface area contributed by atoms with Gasteiger partial charge in [-0.3, -0.25) is 4.21 Å². The van der Waals surface area contributed by atoms with Crippen molar-refractivity contribution < 1.29 is 38.3 Å². The number of hydrogen-bond donors (Lipinski definition) is 0. The van der Waals surface area contributed by atoms with E-state index in [-0.39, 0.29) is 34.6 Å². The van der Waals surface area contributed by atoms with Gasteiger partial charge in [0.2, 0.25) is 0 Å². The molecule has 0 N–H and O–H groups in total. The summed E-state index contributed by atoms with van der Waals surface area (Å²) in [6, 6.07) is 0. The van der Waals surface area contributed by atoms with Crippen molar-refractivity contribution in [2.24, 2.45) is 7.05 Å². The first-order valence-corrected chi connectivity index (χ1v) is 3.35. The van der Waals surface area contributed by atoms with E-state index >= 15 is 0 Å². The van der Waals surface area contributed by atoms with E-state index < -0.39 is 11.1 Å². The Hall–Kier alpha value is 0.320. The minimum atomic E-state index is -2.19. The molecule has 1 rings (SSSR count). The Morgan fingerprint density at radius 2 is 2.40 bits per heavy atom. The Bertz CT molecular complexity index is 237. The summed E-state index contributed by atoms with van der Waals surface area (Å²) in [6.07, 6.45) is 2.87. The molecule has 0 saturated carbocycles. The van der Waals surface area contributed by atoms with Gasteiger partial charge in [-0.1, -0.05) is 0 Å². The average molecular weight is 168 g/mol. The van der Waals surface area contributed by atoms with E-state index in [1.807, 2.05) is 0 Å². The minimum absolute atomic E-state index is 0. The van der Waals surface area contributed by atoms with Crippen LogP contribution in [-0.4, -0.2) is 18.3 Å². The second-order valence-electron chi connectivity index (χ2n) is 1.61. The molecule has 0 fully saturated rings. The molecule has 50 valence electrons. The number of aromatic nitrogens is 2. The Morgan fingerprint density at radius 1 is 1.80 bits per heavy atom. The van der Waals surface area contributed by atoms with Crippen molar-refractivity contribution in [1.29, 1.82) is 0 Å². The molecule has 0 aliphatic heterocycles. The first-order chi connectivity index (χ1) is 4.20. The predicted molar refractivity (Wildman–Crippen MR) is 30.4 cm³/mol. The van der Waals surface area contributed by atoms with Gasteiger partial charge in [-0.2, -0.15) is 0 Å². The van der Waals surface area contributed by atoms with Gasteiger partial charge in [-0.25, -0.2) is 4.98 Å². The molecule has 6 heteroatoms. The largest absolute Gasteiger partial charge is 1.00 e. The minimum Gasteiger partial charge on any atom is -0.767 e. The zero-order chi connectivity index (χ0) is 6.85. The van der Waals surface area contributed by atoms with E-state index in [9.17, 15) is 8.76 Å². The van der Waals surface area contributed by atoms with E-state index in [0.29, 0.717) is 0 Å². The summed E-state index contributed by atoms with van der Waals surface area (Å²) in [7, 11) is 1.71. The van der Waals surface area contributed by atoms with Crippen LogP contribution in [0.5, 0.6) is 0 Å². The SMILES string of the molecule is Cn1cnc(S(=O)[O-])c1.[Na+]. The molecule has 0 saturated heterocycles. The van der Waals surface area contributed by atoms with Crippen LogP contribution in [0.4, 0.5) is 0 Å². The third kappa shape index (κ3) is 2.51. The molecule has 0 spiro atoms. The molecule has 1 unspecified atom stereocenters. The molecule has 10 heavy (non-hydrogen) atoms.